The van der Waals surface area contributed by atoms with E-state index in [1.54, 1.807) is 11.3 Å². The lowest BCUT2D eigenvalue weighted by Gasteiger charge is -2.11. The third-order valence-corrected chi connectivity index (χ3v) is 3.45. The average molecular weight is 240 g/mol. The molecule has 0 unspecified atom stereocenters. The largest absolute Gasteiger partial charge is 0.355 e. The summed E-state index contributed by atoms with van der Waals surface area (Å²) in [6, 6.07) is 4.36. The number of hydrogen-bond acceptors (Lipinski definition) is 3. The van der Waals surface area contributed by atoms with E-state index in [1.165, 1.54) is 4.88 Å². The molecule has 1 aromatic heterocycles. The highest BCUT2D eigenvalue weighted by Gasteiger charge is 2.07. The van der Waals surface area contributed by atoms with Crippen LogP contribution in [-0.4, -0.2) is 19.0 Å². The first-order chi connectivity index (χ1) is 7.74. The number of thiophene rings is 1. The average Bonchev–Trinajstić information content (AvgIpc) is 2.79. The van der Waals surface area contributed by atoms with Gasteiger partial charge in [-0.25, -0.2) is 0 Å². The van der Waals surface area contributed by atoms with Crippen LogP contribution in [0, 0.1) is 0 Å². The predicted octanol–water partition coefficient (Wildman–Crippen LogP) is 2.32. The summed E-state index contributed by atoms with van der Waals surface area (Å²) in [6.45, 7) is 5.36. The van der Waals surface area contributed by atoms with Gasteiger partial charge in [0.05, 0.1) is 6.54 Å². The van der Waals surface area contributed by atoms with E-state index in [1.807, 2.05) is 6.07 Å². The highest BCUT2D eigenvalue weighted by Crippen LogP contribution is 2.17. The number of carbonyl (C=O) groups excluding carboxylic acids is 1. The minimum atomic E-state index is 0.0804. The summed E-state index contributed by atoms with van der Waals surface area (Å²) in [6.07, 6.45) is 2.16. The van der Waals surface area contributed by atoms with Gasteiger partial charge in [-0.3, -0.25) is 4.79 Å². The molecule has 0 saturated heterocycles. The normalized spacial score (nSPS) is 12.4. The number of nitrogens with one attached hydrogen (secondary N) is 2. The van der Waals surface area contributed by atoms with Gasteiger partial charge in [-0.05, 0) is 24.8 Å². The Labute approximate surface area is 101 Å². The summed E-state index contributed by atoms with van der Waals surface area (Å²) >= 11 is 1.71. The molecule has 1 heterocycles. The maximum atomic E-state index is 11.4. The molecular weight excluding hydrogens is 220 g/mol. The van der Waals surface area contributed by atoms with Gasteiger partial charge in [-0.15, -0.1) is 11.3 Å². The Balaban J connectivity index is 2.16. The molecule has 2 N–H and O–H groups in total. The quantitative estimate of drug-likeness (QED) is 0.718. The molecule has 90 valence electrons. The van der Waals surface area contributed by atoms with Crippen molar-refractivity contribution in [3.8, 4) is 0 Å². The van der Waals surface area contributed by atoms with E-state index in [9.17, 15) is 4.79 Å². The SMILES string of the molecule is CCCCNC(=O)CN[C@H](C)c1cccs1. The van der Waals surface area contributed by atoms with Crippen LogP contribution in [0.5, 0.6) is 0 Å². The lowest BCUT2D eigenvalue weighted by Crippen LogP contribution is -2.35. The van der Waals surface area contributed by atoms with Crippen LogP contribution in [0.4, 0.5) is 0 Å². The van der Waals surface area contributed by atoms with Gasteiger partial charge in [-0.1, -0.05) is 19.4 Å². The summed E-state index contributed by atoms with van der Waals surface area (Å²) in [7, 11) is 0. The molecule has 0 aromatic carbocycles. The maximum Gasteiger partial charge on any atom is 0.233 e. The van der Waals surface area contributed by atoms with Crippen molar-refractivity contribution in [2.75, 3.05) is 13.1 Å². The van der Waals surface area contributed by atoms with Crippen LogP contribution in [-0.2, 0) is 4.79 Å². The molecule has 0 spiro atoms. The Kier molecular flexibility index (Phi) is 6.11. The number of rotatable bonds is 7. The van der Waals surface area contributed by atoms with Gasteiger partial charge in [0.15, 0.2) is 0 Å². The van der Waals surface area contributed by atoms with Gasteiger partial charge in [0.1, 0.15) is 0 Å². The highest BCUT2D eigenvalue weighted by molar-refractivity contribution is 7.10. The third-order valence-electron chi connectivity index (χ3n) is 2.39. The van der Waals surface area contributed by atoms with Crippen molar-refractivity contribution < 1.29 is 4.79 Å². The topological polar surface area (TPSA) is 41.1 Å². The van der Waals surface area contributed by atoms with Crippen LogP contribution >= 0.6 is 11.3 Å². The fourth-order valence-corrected chi connectivity index (χ4v) is 2.11. The van der Waals surface area contributed by atoms with Crippen LogP contribution < -0.4 is 10.6 Å². The number of hydrogen-bond donors (Lipinski definition) is 2. The zero-order valence-corrected chi connectivity index (χ0v) is 10.8. The first-order valence-electron chi connectivity index (χ1n) is 5.77. The van der Waals surface area contributed by atoms with Crippen molar-refractivity contribution in [1.82, 2.24) is 10.6 Å². The summed E-state index contributed by atoms with van der Waals surface area (Å²) < 4.78 is 0. The molecule has 0 fully saturated rings. The molecule has 1 amide bonds. The molecule has 0 bridgehead atoms. The van der Waals surface area contributed by atoms with Crippen LogP contribution in [0.15, 0.2) is 17.5 Å². The van der Waals surface area contributed by atoms with Crippen LogP contribution in [0.2, 0.25) is 0 Å². The zero-order chi connectivity index (χ0) is 11.8. The maximum absolute atomic E-state index is 11.4. The van der Waals surface area contributed by atoms with Gasteiger partial charge >= 0.3 is 0 Å². The number of unbranched alkanes of at least 4 members (excludes halogenated alkanes) is 1. The molecule has 4 heteroatoms. The minimum Gasteiger partial charge on any atom is -0.355 e. The molecule has 0 aliphatic carbocycles. The Morgan fingerprint density at radius 2 is 2.38 bits per heavy atom. The molecule has 1 aromatic rings. The molecule has 0 aliphatic rings. The second-order valence-electron chi connectivity index (χ2n) is 3.82. The minimum absolute atomic E-state index is 0.0804. The Hall–Kier alpha value is -0.870. The fourth-order valence-electron chi connectivity index (χ4n) is 1.35. The Morgan fingerprint density at radius 1 is 1.56 bits per heavy atom. The fraction of sp³-hybridized carbons (Fsp3) is 0.583. The first-order valence-corrected chi connectivity index (χ1v) is 6.65. The van der Waals surface area contributed by atoms with Gasteiger partial charge in [0, 0.05) is 17.5 Å². The van der Waals surface area contributed by atoms with E-state index in [0.717, 1.165) is 19.4 Å². The molecule has 0 aliphatic heterocycles. The standard InChI is InChI=1S/C12H20N2OS/c1-3-4-7-13-12(15)9-14-10(2)11-6-5-8-16-11/h5-6,8,10,14H,3-4,7,9H2,1-2H3,(H,13,15)/t10-/m1/s1. The lowest BCUT2D eigenvalue weighted by atomic mass is 10.3. The third kappa shape index (κ3) is 4.77. The van der Waals surface area contributed by atoms with Crippen LogP contribution in [0.3, 0.4) is 0 Å². The van der Waals surface area contributed by atoms with Gasteiger partial charge in [-0.2, -0.15) is 0 Å². The van der Waals surface area contributed by atoms with E-state index in [4.69, 9.17) is 0 Å². The van der Waals surface area contributed by atoms with Crippen molar-refractivity contribution in [3.63, 3.8) is 0 Å². The van der Waals surface area contributed by atoms with Gasteiger partial charge < -0.3 is 10.6 Å². The van der Waals surface area contributed by atoms with E-state index in [0.29, 0.717) is 6.54 Å². The van der Waals surface area contributed by atoms with Crippen molar-refractivity contribution >= 4 is 17.2 Å². The van der Waals surface area contributed by atoms with Crippen LogP contribution in [0.25, 0.3) is 0 Å². The number of carbonyl (C=O) groups is 1. The van der Waals surface area contributed by atoms with Gasteiger partial charge in [0.2, 0.25) is 5.91 Å². The lowest BCUT2D eigenvalue weighted by molar-refractivity contribution is -0.120. The monoisotopic (exact) mass is 240 g/mol. The Bertz CT molecular complexity index is 298. The summed E-state index contributed by atoms with van der Waals surface area (Å²) in [4.78, 5) is 12.7. The van der Waals surface area contributed by atoms with Crippen molar-refractivity contribution in [2.24, 2.45) is 0 Å². The predicted molar refractivity (Wildman–Crippen MR) is 68.7 cm³/mol. The summed E-state index contributed by atoms with van der Waals surface area (Å²) in [5.74, 6) is 0.0804. The number of amides is 1. The summed E-state index contributed by atoms with van der Waals surface area (Å²) in [5, 5.41) is 8.15. The molecule has 1 atom stereocenters. The highest BCUT2D eigenvalue weighted by atomic mass is 32.1. The van der Waals surface area contributed by atoms with E-state index >= 15 is 0 Å². The Morgan fingerprint density at radius 3 is 3.00 bits per heavy atom. The first kappa shape index (κ1) is 13.2. The molecule has 0 radical (unpaired) electrons. The van der Waals surface area contributed by atoms with Crippen molar-refractivity contribution in [3.05, 3.63) is 22.4 Å². The second kappa shape index (κ2) is 7.41. The summed E-state index contributed by atoms with van der Waals surface area (Å²) in [5.41, 5.74) is 0. The molecule has 3 nitrogen and oxygen atoms in total. The van der Waals surface area contributed by atoms with Crippen LogP contribution in [0.1, 0.15) is 37.6 Å². The van der Waals surface area contributed by atoms with E-state index in [2.05, 4.69) is 35.9 Å². The molecule has 16 heavy (non-hydrogen) atoms. The van der Waals surface area contributed by atoms with Crippen molar-refractivity contribution in [1.29, 1.82) is 0 Å². The molecule has 1 rings (SSSR count). The smallest absolute Gasteiger partial charge is 0.233 e. The molecule has 0 saturated carbocycles. The van der Waals surface area contributed by atoms with Crippen molar-refractivity contribution in [2.45, 2.75) is 32.7 Å². The van der Waals surface area contributed by atoms with Gasteiger partial charge in [0.25, 0.3) is 0 Å². The second-order valence-corrected chi connectivity index (χ2v) is 4.80. The molecular formula is C12H20N2OS. The zero-order valence-electron chi connectivity index (χ0n) is 9.95. The van der Waals surface area contributed by atoms with E-state index in [-0.39, 0.29) is 11.9 Å². The van der Waals surface area contributed by atoms with E-state index < -0.39 is 0 Å².